The smallest absolute Gasteiger partial charge is 0.119 e. The molecule has 106 valence electrons. The summed E-state index contributed by atoms with van der Waals surface area (Å²) in [5.41, 5.74) is 1.46. The number of rotatable bonds is 6. The van der Waals surface area contributed by atoms with Gasteiger partial charge in [-0.1, -0.05) is 25.5 Å². The fourth-order valence-corrected chi connectivity index (χ4v) is 3.14. The highest BCUT2D eigenvalue weighted by atomic mass is 16.5. The molecule has 0 spiro atoms. The standard InChI is InChI=1S/C17H27NO/c1-4-18-12-15-8-6-10-17(15)14-7-5-9-16(11-14)19-13(2)3/h5,7,9,11,13,15,17-18H,4,6,8,10,12H2,1-3H3. The minimum absolute atomic E-state index is 0.247. The molecule has 1 fully saturated rings. The first-order valence-electron chi connectivity index (χ1n) is 7.68. The Morgan fingerprint density at radius 2 is 2.16 bits per heavy atom. The monoisotopic (exact) mass is 261 g/mol. The van der Waals surface area contributed by atoms with Gasteiger partial charge in [0.15, 0.2) is 0 Å². The van der Waals surface area contributed by atoms with Crippen LogP contribution in [0.2, 0.25) is 0 Å². The fraction of sp³-hybridized carbons (Fsp3) is 0.647. The minimum atomic E-state index is 0.247. The Morgan fingerprint density at radius 3 is 2.89 bits per heavy atom. The first kappa shape index (κ1) is 14.4. The van der Waals surface area contributed by atoms with Crippen LogP contribution in [0.15, 0.2) is 24.3 Å². The van der Waals surface area contributed by atoms with Gasteiger partial charge in [-0.25, -0.2) is 0 Å². The minimum Gasteiger partial charge on any atom is -0.491 e. The molecular weight excluding hydrogens is 234 g/mol. The van der Waals surface area contributed by atoms with Crippen molar-refractivity contribution >= 4 is 0 Å². The zero-order chi connectivity index (χ0) is 13.7. The van der Waals surface area contributed by atoms with Crippen molar-refractivity contribution in [3.05, 3.63) is 29.8 Å². The molecule has 0 radical (unpaired) electrons. The molecule has 2 rings (SSSR count). The predicted molar refractivity (Wildman–Crippen MR) is 80.8 cm³/mol. The number of hydrogen-bond acceptors (Lipinski definition) is 2. The highest BCUT2D eigenvalue weighted by Crippen LogP contribution is 2.40. The molecular formula is C17H27NO. The van der Waals surface area contributed by atoms with Gasteiger partial charge in [0.25, 0.3) is 0 Å². The number of hydrogen-bond donors (Lipinski definition) is 1. The normalized spacial score (nSPS) is 22.9. The van der Waals surface area contributed by atoms with E-state index in [2.05, 4.69) is 50.4 Å². The van der Waals surface area contributed by atoms with E-state index in [0.717, 1.165) is 24.8 Å². The average molecular weight is 261 g/mol. The second-order valence-corrected chi connectivity index (χ2v) is 5.84. The maximum absolute atomic E-state index is 5.82. The van der Waals surface area contributed by atoms with Crippen LogP contribution in [0.5, 0.6) is 5.75 Å². The molecule has 1 aliphatic carbocycles. The molecule has 2 heteroatoms. The summed E-state index contributed by atoms with van der Waals surface area (Å²) in [6, 6.07) is 8.71. The lowest BCUT2D eigenvalue weighted by atomic mass is 9.88. The van der Waals surface area contributed by atoms with Crippen LogP contribution in [0.4, 0.5) is 0 Å². The van der Waals surface area contributed by atoms with Gasteiger partial charge >= 0.3 is 0 Å². The third-order valence-electron chi connectivity index (χ3n) is 3.97. The molecule has 0 aliphatic heterocycles. The molecule has 1 aromatic rings. The maximum atomic E-state index is 5.82. The molecule has 0 bridgehead atoms. The van der Waals surface area contributed by atoms with E-state index in [9.17, 15) is 0 Å². The lowest BCUT2D eigenvalue weighted by Crippen LogP contribution is -2.24. The van der Waals surface area contributed by atoms with Crippen LogP contribution in [0, 0.1) is 5.92 Å². The molecule has 0 saturated heterocycles. The average Bonchev–Trinajstić information content (AvgIpc) is 2.84. The van der Waals surface area contributed by atoms with Crippen molar-refractivity contribution in [3.63, 3.8) is 0 Å². The third kappa shape index (κ3) is 3.97. The molecule has 1 saturated carbocycles. The fourth-order valence-electron chi connectivity index (χ4n) is 3.14. The second-order valence-electron chi connectivity index (χ2n) is 5.84. The van der Waals surface area contributed by atoms with Crippen LogP contribution < -0.4 is 10.1 Å². The molecule has 2 atom stereocenters. The van der Waals surface area contributed by atoms with Crippen molar-refractivity contribution in [3.8, 4) is 5.75 Å². The molecule has 19 heavy (non-hydrogen) atoms. The Labute approximate surface area is 117 Å². The summed E-state index contributed by atoms with van der Waals surface area (Å²) < 4.78 is 5.82. The van der Waals surface area contributed by atoms with Gasteiger partial charge in [0.1, 0.15) is 5.75 Å². The van der Waals surface area contributed by atoms with Gasteiger partial charge in [0.2, 0.25) is 0 Å². The lowest BCUT2D eigenvalue weighted by Gasteiger charge is -2.21. The Hall–Kier alpha value is -1.02. The molecule has 0 aromatic heterocycles. The lowest BCUT2D eigenvalue weighted by molar-refractivity contribution is 0.242. The largest absolute Gasteiger partial charge is 0.491 e. The molecule has 1 N–H and O–H groups in total. The first-order chi connectivity index (χ1) is 9.20. The van der Waals surface area contributed by atoms with Crippen molar-refractivity contribution in [1.29, 1.82) is 0 Å². The molecule has 2 nitrogen and oxygen atoms in total. The SMILES string of the molecule is CCNCC1CCCC1c1cccc(OC(C)C)c1. The Bertz CT molecular complexity index is 389. The molecule has 0 heterocycles. The van der Waals surface area contributed by atoms with E-state index < -0.39 is 0 Å². The zero-order valence-electron chi connectivity index (χ0n) is 12.5. The predicted octanol–water partition coefficient (Wildman–Crippen LogP) is 3.97. The van der Waals surface area contributed by atoms with E-state index in [-0.39, 0.29) is 6.10 Å². The van der Waals surface area contributed by atoms with Crippen LogP contribution in [-0.4, -0.2) is 19.2 Å². The van der Waals surface area contributed by atoms with Gasteiger partial charge in [-0.05, 0) is 69.3 Å². The van der Waals surface area contributed by atoms with Crippen molar-refractivity contribution in [2.75, 3.05) is 13.1 Å². The van der Waals surface area contributed by atoms with Crippen LogP contribution in [0.1, 0.15) is 51.5 Å². The van der Waals surface area contributed by atoms with E-state index in [1.54, 1.807) is 0 Å². The van der Waals surface area contributed by atoms with Gasteiger partial charge in [-0.15, -0.1) is 0 Å². The summed E-state index contributed by atoms with van der Waals surface area (Å²) in [6.45, 7) is 8.56. The van der Waals surface area contributed by atoms with E-state index in [0.29, 0.717) is 5.92 Å². The molecule has 0 amide bonds. The van der Waals surface area contributed by atoms with Crippen molar-refractivity contribution < 1.29 is 4.74 Å². The summed E-state index contributed by atoms with van der Waals surface area (Å²) in [5, 5.41) is 3.51. The van der Waals surface area contributed by atoms with Gasteiger partial charge in [0.05, 0.1) is 6.10 Å². The first-order valence-corrected chi connectivity index (χ1v) is 7.68. The number of nitrogens with one attached hydrogen (secondary N) is 1. The number of benzene rings is 1. The molecule has 1 aromatic carbocycles. The Morgan fingerprint density at radius 1 is 1.32 bits per heavy atom. The van der Waals surface area contributed by atoms with Crippen molar-refractivity contribution in [2.45, 2.75) is 52.1 Å². The van der Waals surface area contributed by atoms with E-state index >= 15 is 0 Å². The van der Waals surface area contributed by atoms with E-state index in [1.165, 1.54) is 24.8 Å². The van der Waals surface area contributed by atoms with E-state index in [4.69, 9.17) is 4.74 Å². The maximum Gasteiger partial charge on any atom is 0.119 e. The van der Waals surface area contributed by atoms with Crippen LogP contribution in [0.25, 0.3) is 0 Å². The highest BCUT2D eigenvalue weighted by molar-refractivity contribution is 5.32. The van der Waals surface area contributed by atoms with Crippen LogP contribution in [0.3, 0.4) is 0 Å². The van der Waals surface area contributed by atoms with Crippen molar-refractivity contribution in [1.82, 2.24) is 5.32 Å². The Kier molecular flexibility index (Phi) is 5.26. The summed E-state index contributed by atoms with van der Waals surface area (Å²) in [4.78, 5) is 0. The van der Waals surface area contributed by atoms with E-state index in [1.807, 2.05) is 0 Å². The quantitative estimate of drug-likeness (QED) is 0.836. The Balaban J connectivity index is 2.07. The van der Waals surface area contributed by atoms with Crippen LogP contribution in [-0.2, 0) is 0 Å². The topological polar surface area (TPSA) is 21.3 Å². The van der Waals surface area contributed by atoms with Gasteiger partial charge < -0.3 is 10.1 Å². The summed E-state index contributed by atoms with van der Waals surface area (Å²) >= 11 is 0. The van der Waals surface area contributed by atoms with Crippen LogP contribution >= 0.6 is 0 Å². The summed E-state index contributed by atoms with van der Waals surface area (Å²) in [6.07, 6.45) is 4.28. The van der Waals surface area contributed by atoms with Gasteiger partial charge in [0, 0.05) is 0 Å². The summed E-state index contributed by atoms with van der Waals surface area (Å²) in [7, 11) is 0. The second kappa shape index (κ2) is 6.95. The third-order valence-corrected chi connectivity index (χ3v) is 3.97. The number of ether oxygens (including phenoxy) is 1. The highest BCUT2D eigenvalue weighted by Gasteiger charge is 2.28. The van der Waals surface area contributed by atoms with Gasteiger partial charge in [-0.3, -0.25) is 0 Å². The van der Waals surface area contributed by atoms with Gasteiger partial charge in [-0.2, -0.15) is 0 Å². The van der Waals surface area contributed by atoms with Crippen molar-refractivity contribution in [2.24, 2.45) is 5.92 Å². The summed E-state index contributed by atoms with van der Waals surface area (Å²) in [5.74, 6) is 2.51. The molecule has 2 unspecified atom stereocenters. The molecule has 1 aliphatic rings. The zero-order valence-corrected chi connectivity index (χ0v) is 12.5.